The van der Waals surface area contributed by atoms with Gasteiger partial charge in [0.2, 0.25) is 0 Å². The first-order valence-corrected chi connectivity index (χ1v) is 7.37. The van der Waals surface area contributed by atoms with Crippen molar-refractivity contribution < 1.29 is 4.74 Å². The first kappa shape index (κ1) is 14.7. The maximum atomic E-state index is 9.18. The summed E-state index contributed by atoms with van der Waals surface area (Å²) >= 11 is 0. The van der Waals surface area contributed by atoms with E-state index in [2.05, 4.69) is 35.0 Å². The molecule has 0 aromatic carbocycles. The first-order chi connectivity index (χ1) is 9.19. The Kier molecular flexibility index (Phi) is 5.59. The molecule has 0 radical (unpaired) electrons. The quantitative estimate of drug-likeness (QED) is 0.784. The van der Waals surface area contributed by atoms with Gasteiger partial charge in [-0.25, -0.2) is 0 Å². The minimum atomic E-state index is -0.00201. The van der Waals surface area contributed by atoms with E-state index < -0.39 is 0 Å². The van der Waals surface area contributed by atoms with E-state index in [9.17, 15) is 5.26 Å². The van der Waals surface area contributed by atoms with Gasteiger partial charge in [0.25, 0.3) is 0 Å². The molecule has 0 bridgehead atoms. The van der Waals surface area contributed by atoms with Crippen LogP contribution in [0.5, 0.6) is 0 Å². The minimum absolute atomic E-state index is 0.00201. The van der Waals surface area contributed by atoms with Crippen LogP contribution in [0.15, 0.2) is 0 Å². The summed E-state index contributed by atoms with van der Waals surface area (Å²) in [4.78, 5) is 4.75. The molecule has 0 aliphatic carbocycles. The van der Waals surface area contributed by atoms with Gasteiger partial charge < -0.3 is 10.1 Å². The molecule has 2 aliphatic heterocycles. The van der Waals surface area contributed by atoms with Crippen molar-refractivity contribution in [3.8, 4) is 6.07 Å². The lowest BCUT2D eigenvalue weighted by atomic mass is 10.1. The lowest BCUT2D eigenvalue weighted by molar-refractivity contribution is -0.0502. The molecule has 19 heavy (non-hydrogen) atoms. The summed E-state index contributed by atoms with van der Waals surface area (Å²) in [6.45, 7) is 12.1. The normalized spacial score (nSPS) is 30.4. The van der Waals surface area contributed by atoms with Gasteiger partial charge >= 0.3 is 0 Å². The van der Waals surface area contributed by atoms with E-state index in [1.54, 1.807) is 0 Å². The third-order valence-corrected chi connectivity index (χ3v) is 3.79. The molecular formula is C14H26N4O. The number of rotatable bonds is 4. The van der Waals surface area contributed by atoms with Gasteiger partial charge in [0.05, 0.1) is 18.8 Å². The summed E-state index contributed by atoms with van der Waals surface area (Å²) in [6.07, 6.45) is 0.251. The fourth-order valence-electron chi connectivity index (χ4n) is 2.93. The highest BCUT2D eigenvalue weighted by atomic mass is 16.5. The van der Waals surface area contributed by atoms with Crippen molar-refractivity contribution in [3.05, 3.63) is 0 Å². The number of nitriles is 1. The van der Waals surface area contributed by atoms with Crippen molar-refractivity contribution in [2.24, 2.45) is 5.92 Å². The fourth-order valence-corrected chi connectivity index (χ4v) is 2.93. The van der Waals surface area contributed by atoms with Crippen molar-refractivity contribution in [1.82, 2.24) is 15.1 Å². The average Bonchev–Trinajstić information content (AvgIpc) is 2.39. The van der Waals surface area contributed by atoms with Crippen molar-refractivity contribution in [2.45, 2.75) is 26.0 Å². The highest BCUT2D eigenvalue weighted by molar-refractivity contribution is 4.97. The molecule has 2 unspecified atom stereocenters. The van der Waals surface area contributed by atoms with E-state index in [-0.39, 0.29) is 12.1 Å². The van der Waals surface area contributed by atoms with Gasteiger partial charge in [-0.15, -0.1) is 0 Å². The van der Waals surface area contributed by atoms with Crippen LogP contribution in [-0.4, -0.2) is 74.4 Å². The van der Waals surface area contributed by atoms with Gasteiger partial charge in [-0.05, 0) is 5.92 Å². The summed E-state index contributed by atoms with van der Waals surface area (Å²) in [5.74, 6) is 0.699. The monoisotopic (exact) mass is 266 g/mol. The second-order valence-corrected chi connectivity index (χ2v) is 5.99. The Labute approximate surface area is 116 Å². The summed E-state index contributed by atoms with van der Waals surface area (Å²) in [5, 5.41) is 12.5. The van der Waals surface area contributed by atoms with Crippen molar-refractivity contribution >= 4 is 0 Å². The lowest BCUT2D eigenvalue weighted by Crippen LogP contribution is -2.55. The second-order valence-electron chi connectivity index (χ2n) is 5.99. The smallest absolute Gasteiger partial charge is 0.110 e. The molecule has 5 heteroatoms. The van der Waals surface area contributed by atoms with Crippen LogP contribution in [0.4, 0.5) is 0 Å². The van der Waals surface area contributed by atoms with Crippen LogP contribution in [0.2, 0.25) is 0 Å². The van der Waals surface area contributed by atoms with Gasteiger partial charge in [-0.1, -0.05) is 13.8 Å². The van der Waals surface area contributed by atoms with E-state index in [1.165, 1.54) is 0 Å². The first-order valence-electron chi connectivity index (χ1n) is 7.37. The third-order valence-electron chi connectivity index (χ3n) is 3.79. The molecule has 2 rings (SSSR count). The number of nitrogens with zero attached hydrogens (tertiary/aromatic N) is 3. The van der Waals surface area contributed by atoms with Crippen LogP contribution in [-0.2, 0) is 4.74 Å². The second kappa shape index (κ2) is 7.20. The maximum absolute atomic E-state index is 9.18. The van der Waals surface area contributed by atoms with Gasteiger partial charge in [-0.3, -0.25) is 9.80 Å². The molecule has 2 aliphatic rings. The molecule has 5 nitrogen and oxygen atoms in total. The fraction of sp³-hybridized carbons (Fsp3) is 0.929. The van der Waals surface area contributed by atoms with Crippen LogP contribution in [0.25, 0.3) is 0 Å². The van der Waals surface area contributed by atoms with E-state index in [1.807, 2.05) is 0 Å². The molecule has 2 heterocycles. The molecule has 2 atom stereocenters. The molecule has 0 spiro atoms. The maximum Gasteiger partial charge on any atom is 0.110 e. The molecule has 108 valence electrons. The van der Waals surface area contributed by atoms with Gasteiger partial charge in [0.15, 0.2) is 0 Å². The Balaban J connectivity index is 1.82. The van der Waals surface area contributed by atoms with Gasteiger partial charge in [0.1, 0.15) is 6.04 Å². The zero-order chi connectivity index (χ0) is 13.7. The standard InChI is InChI=1S/C14H26N4O/c1-12(2)9-17-5-6-19-14(10-17)11-18-4-3-16-8-13(18)7-15/h12-14,16H,3-6,8-11H2,1-2H3. The summed E-state index contributed by atoms with van der Waals surface area (Å²) in [5.41, 5.74) is 0. The number of piperazine rings is 1. The number of hydrogen-bond donors (Lipinski definition) is 1. The molecule has 0 aromatic rings. The predicted octanol–water partition coefficient (Wildman–Crippen LogP) is 0.141. The van der Waals surface area contributed by atoms with E-state index in [0.29, 0.717) is 5.92 Å². The Bertz CT molecular complexity index is 315. The number of hydrogen-bond acceptors (Lipinski definition) is 5. The van der Waals surface area contributed by atoms with Crippen molar-refractivity contribution in [3.63, 3.8) is 0 Å². The van der Waals surface area contributed by atoms with Crippen LogP contribution >= 0.6 is 0 Å². The topological polar surface area (TPSA) is 51.5 Å². The highest BCUT2D eigenvalue weighted by Gasteiger charge is 2.28. The third kappa shape index (κ3) is 4.43. The minimum Gasteiger partial charge on any atom is -0.374 e. The van der Waals surface area contributed by atoms with Crippen molar-refractivity contribution in [2.75, 3.05) is 52.4 Å². The number of nitrogens with one attached hydrogen (secondary N) is 1. The average molecular weight is 266 g/mol. The van der Waals surface area contributed by atoms with Crippen LogP contribution < -0.4 is 5.32 Å². The van der Waals surface area contributed by atoms with E-state index >= 15 is 0 Å². The lowest BCUT2D eigenvalue weighted by Gasteiger charge is -2.39. The molecule has 0 saturated carbocycles. The van der Waals surface area contributed by atoms with Crippen LogP contribution in [0, 0.1) is 17.2 Å². The van der Waals surface area contributed by atoms with Gasteiger partial charge in [-0.2, -0.15) is 5.26 Å². The molecule has 0 amide bonds. The predicted molar refractivity (Wildman–Crippen MR) is 74.9 cm³/mol. The molecule has 2 saturated heterocycles. The Morgan fingerprint density at radius 1 is 1.42 bits per heavy atom. The molecule has 0 aromatic heterocycles. The number of ether oxygens (including phenoxy) is 1. The zero-order valence-electron chi connectivity index (χ0n) is 12.1. The summed E-state index contributed by atoms with van der Waals surface area (Å²) < 4.78 is 5.87. The van der Waals surface area contributed by atoms with Gasteiger partial charge in [0, 0.05) is 45.8 Å². The highest BCUT2D eigenvalue weighted by Crippen LogP contribution is 2.11. The Morgan fingerprint density at radius 2 is 2.26 bits per heavy atom. The Morgan fingerprint density at radius 3 is 3.00 bits per heavy atom. The molecule has 2 fully saturated rings. The van der Waals surface area contributed by atoms with E-state index in [4.69, 9.17) is 4.74 Å². The molecular weight excluding hydrogens is 240 g/mol. The summed E-state index contributed by atoms with van der Waals surface area (Å²) in [6, 6.07) is 2.38. The Hall–Kier alpha value is -0.670. The largest absolute Gasteiger partial charge is 0.374 e. The van der Waals surface area contributed by atoms with Crippen LogP contribution in [0.1, 0.15) is 13.8 Å². The summed E-state index contributed by atoms with van der Waals surface area (Å²) in [7, 11) is 0. The SMILES string of the molecule is CC(C)CN1CCOC(CN2CCNCC2C#N)C1. The van der Waals surface area contributed by atoms with E-state index in [0.717, 1.165) is 52.4 Å². The number of morpholine rings is 1. The van der Waals surface area contributed by atoms with Crippen LogP contribution in [0.3, 0.4) is 0 Å². The zero-order valence-corrected chi connectivity index (χ0v) is 12.1. The van der Waals surface area contributed by atoms with Crippen molar-refractivity contribution in [1.29, 1.82) is 5.26 Å². The molecule has 1 N–H and O–H groups in total.